The summed E-state index contributed by atoms with van der Waals surface area (Å²) in [6.45, 7) is 2.91. The van der Waals surface area contributed by atoms with Gasteiger partial charge in [-0.25, -0.2) is 0 Å². The van der Waals surface area contributed by atoms with Crippen molar-refractivity contribution >= 4 is 5.91 Å². The third-order valence-electron chi connectivity index (χ3n) is 1.40. The molecule has 0 aromatic heterocycles. The van der Waals surface area contributed by atoms with E-state index in [-0.39, 0.29) is 11.9 Å². The van der Waals surface area contributed by atoms with E-state index in [1.165, 1.54) is 0 Å². The van der Waals surface area contributed by atoms with Gasteiger partial charge in [-0.15, -0.1) is 0 Å². The van der Waals surface area contributed by atoms with E-state index in [1.54, 1.807) is 6.92 Å². The van der Waals surface area contributed by atoms with Crippen molar-refractivity contribution in [1.82, 2.24) is 5.32 Å². The number of carbonyl (C=O) groups excluding carboxylic acids is 1. The lowest BCUT2D eigenvalue weighted by molar-refractivity contribution is -0.126. The molecule has 0 bridgehead atoms. The van der Waals surface area contributed by atoms with Crippen LogP contribution < -0.4 is 11.1 Å². The third kappa shape index (κ3) is 1.68. The molecule has 1 fully saturated rings. The number of rotatable bonds is 2. The fourth-order valence-electron chi connectivity index (χ4n) is 0.652. The number of nitrogens with one attached hydrogen (secondary N) is 1. The predicted molar refractivity (Wildman–Crippen MR) is 36.4 cm³/mol. The van der Waals surface area contributed by atoms with Crippen molar-refractivity contribution in [2.24, 2.45) is 5.73 Å². The van der Waals surface area contributed by atoms with Crippen molar-refractivity contribution in [2.45, 2.75) is 19.0 Å². The predicted octanol–water partition coefficient (Wildman–Crippen LogP) is -1.15. The molecular weight excluding hydrogens is 132 g/mol. The van der Waals surface area contributed by atoms with E-state index in [9.17, 15) is 4.79 Å². The molecule has 0 aromatic rings. The van der Waals surface area contributed by atoms with Gasteiger partial charge in [-0.2, -0.15) is 0 Å². The van der Waals surface area contributed by atoms with Crippen LogP contribution in [0.25, 0.3) is 0 Å². The molecule has 1 aliphatic heterocycles. The van der Waals surface area contributed by atoms with Crippen LogP contribution >= 0.6 is 0 Å². The zero-order valence-corrected chi connectivity index (χ0v) is 5.96. The Kier molecular flexibility index (Phi) is 2.24. The van der Waals surface area contributed by atoms with Crippen LogP contribution in [0.1, 0.15) is 6.92 Å². The lowest BCUT2D eigenvalue weighted by Gasteiger charge is -2.27. The minimum absolute atomic E-state index is 0.103. The largest absolute Gasteiger partial charge is 0.377 e. The first-order valence-corrected chi connectivity index (χ1v) is 3.34. The smallest absolute Gasteiger partial charge is 0.237 e. The van der Waals surface area contributed by atoms with Crippen molar-refractivity contribution in [3.8, 4) is 0 Å². The summed E-state index contributed by atoms with van der Waals surface area (Å²) in [5.41, 5.74) is 5.31. The van der Waals surface area contributed by atoms with Crippen LogP contribution in [0.3, 0.4) is 0 Å². The second kappa shape index (κ2) is 2.98. The molecule has 58 valence electrons. The molecule has 0 spiro atoms. The van der Waals surface area contributed by atoms with Crippen molar-refractivity contribution in [1.29, 1.82) is 0 Å². The first kappa shape index (κ1) is 7.50. The van der Waals surface area contributed by atoms with Crippen molar-refractivity contribution < 1.29 is 9.53 Å². The Bertz CT molecular complexity index is 132. The Morgan fingerprint density at radius 2 is 2.40 bits per heavy atom. The summed E-state index contributed by atoms with van der Waals surface area (Å²) in [5.74, 6) is -0.103. The second-order valence-corrected chi connectivity index (χ2v) is 2.53. The maximum absolute atomic E-state index is 10.9. The van der Waals surface area contributed by atoms with Crippen molar-refractivity contribution in [2.75, 3.05) is 13.2 Å². The summed E-state index contributed by atoms with van der Waals surface area (Å²) in [4.78, 5) is 10.9. The zero-order chi connectivity index (χ0) is 7.56. The lowest BCUT2D eigenvalue weighted by atomic mass is 10.2. The Balaban J connectivity index is 2.17. The minimum atomic E-state index is -0.416. The lowest BCUT2D eigenvalue weighted by Crippen LogP contribution is -2.52. The zero-order valence-electron chi connectivity index (χ0n) is 5.96. The molecular formula is C6H12N2O2. The van der Waals surface area contributed by atoms with Gasteiger partial charge in [0, 0.05) is 0 Å². The molecule has 0 aromatic carbocycles. The van der Waals surface area contributed by atoms with Crippen LogP contribution in [0.2, 0.25) is 0 Å². The number of nitrogens with two attached hydrogens (primary N) is 1. The summed E-state index contributed by atoms with van der Waals surface area (Å²) >= 11 is 0. The van der Waals surface area contributed by atoms with Crippen LogP contribution in [0.4, 0.5) is 0 Å². The van der Waals surface area contributed by atoms with E-state index in [4.69, 9.17) is 10.5 Å². The van der Waals surface area contributed by atoms with Gasteiger partial charge >= 0.3 is 0 Å². The molecule has 0 aliphatic carbocycles. The maximum atomic E-state index is 10.9. The molecule has 0 saturated carbocycles. The highest BCUT2D eigenvalue weighted by Crippen LogP contribution is 1.98. The quantitative estimate of drug-likeness (QED) is 0.514. The molecule has 3 N–H and O–H groups in total. The third-order valence-corrected chi connectivity index (χ3v) is 1.40. The molecule has 1 aliphatic rings. The summed E-state index contributed by atoms with van der Waals surface area (Å²) in [6, 6.07) is -0.223. The fourth-order valence-corrected chi connectivity index (χ4v) is 0.652. The molecule has 1 atom stereocenters. The summed E-state index contributed by atoms with van der Waals surface area (Å²) in [7, 11) is 0. The van der Waals surface area contributed by atoms with Crippen molar-refractivity contribution in [3.63, 3.8) is 0 Å². The topological polar surface area (TPSA) is 64.4 Å². The van der Waals surface area contributed by atoms with Crippen LogP contribution in [-0.2, 0) is 9.53 Å². The number of amides is 1. The molecule has 1 rings (SSSR count). The molecule has 1 amide bonds. The van der Waals surface area contributed by atoms with Gasteiger partial charge in [-0.1, -0.05) is 0 Å². The van der Waals surface area contributed by atoms with E-state index < -0.39 is 6.04 Å². The van der Waals surface area contributed by atoms with Gasteiger partial charge in [-0.05, 0) is 6.92 Å². The number of hydrogen-bond donors (Lipinski definition) is 2. The molecule has 1 saturated heterocycles. The highest BCUT2D eigenvalue weighted by molar-refractivity contribution is 5.81. The average molecular weight is 144 g/mol. The number of hydrogen-bond acceptors (Lipinski definition) is 3. The van der Waals surface area contributed by atoms with Crippen LogP contribution in [0.15, 0.2) is 0 Å². The van der Waals surface area contributed by atoms with Crippen molar-refractivity contribution in [3.05, 3.63) is 0 Å². The first-order chi connectivity index (χ1) is 4.70. The minimum Gasteiger partial charge on any atom is -0.377 e. The standard InChI is InChI=1S/C6H12N2O2/c1-4(7)6(9)8-5-2-10-3-5/h4-5H,2-3,7H2,1H3,(H,8,9). The molecule has 0 radical (unpaired) electrons. The number of ether oxygens (including phenoxy) is 1. The fraction of sp³-hybridized carbons (Fsp3) is 0.833. The first-order valence-electron chi connectivity index (χ1n) is 3.34. The van der Waals surface area contributed by atoms with E-state index >= 15 is 0 Å². The monoisotopic (exact) mass is 144 g/mol. The normalized spacial score (nSPS) is 21.4. The van der Waals surface area contributed by atoms with Gasteiger partial charge in [0.25, 0.3) is 0 Å². The van der Waals surface area contributed by atoms with Gasteiger partial charge < -0.3 is 15.8 Å². The van der Waals surface area contributed by atoms with E-state index in [0.717, 1.165) is 0 Å². The molecule has 10 heavy (non-hydrogen) atoms. The molecule has 4 heteroatoms. The molecule has 1 heterocycles. The highest BCUT2D eigenvalue weighted by Gasteiger charge is 2.21. The Morgan fingerprint density at radius 1 is 1.80 bits per heavy atom. The average Bonchev–Trinajstić information content (AvgIpc) is 1.77. The summed E-state index contributed by atoms with van der Waals surface area (Å²) in [6.07, 6.45) is 0. The van der Waals surface area contributed by atoms with Crippen LogP contribution in [0.5, 0.6) is 0 Å². The maximum Gasteiger partial charge on any atom is 0.237 e. The van der Waals surface area contributed by atoms with Crippen LogP contribution in [-0.4, -0.2) is 31.2 Å². The summed E-state index contributed by atoms with van der Waals surface area (Å²) < 4.78 is 4.86. The van der Waals surface area contributed by atoms with Gasteiger partial charge in [0.15, 0.2) is 0 Å². The SMILES string of the molecule is CC(N)C(=O)NC1COC1. The van der Waals surface area contributed by atoms with Gasteiger partial charge in [-0.3, -0.25) is 4.79 Å². The summed E-state index contributed by atoms with van der Waals surface area (Å²) in [5, 5.41) is 2.73. The molecule has 4 nitrogen and oxygen atoms in total. The van der Waals surface area contributed by atoms with Gasteiger partial charge in [0.1, 0.15) is 0 Å². The Hall–Kier alpha value is -0.610. The van der Waals surface area contributed by atoms with E-state index in [0.29, 0.717) is 13.2 Å². The molecule has 1 unspecified atom stereocenters. The number of carbonyl (C=O) groups is 1. The Morgan fingerprint density at radius 3 is 2.70 bits per heavy atom. The second-order valence-electron chi connectivity index (χ2n) is 2.53. The highest BCUT2D eigenvalue weighted by atomic mass is 16.5. The van der Waals surface area contributed by atoms with E-state index in [2.05, 4.69) is 5.32 Å². The van der Waals surface area contributed by atoms with Gasteiger partial charge in [0.05, 0.1) is 25.3 Å². The Labute approximate surface area is 59.7 Å². The van der Waals surface area contributed by atoms with Crippen LogP contribution in [0, 0.1) is 0 Å². The van der Waals surface area contributed by atoms with Gasteiger partial charge in [0.2, 0.25) is 5.91 Å². The van der Waals surface area contributed by atoms with E-state index in [1.807, 2.05) is 0 Å².